The molecule has 0 atom stereocenters. The summed E-state index contributed by atoms with van der Waals surface area (Å²) in [6.07, 6.45) is 2.14. The Labute approximate surface area is 177 Å². The summed E-state index contributed by atoms with van der Waals surface area (Å²) < 4.78 is 16.9. The van der Waals surface area contributed by atoms with Crippen LogP contribution in [0.3, 0.4) is 0 Å². The average Bonchev–Trinajstić information content (AvgIpc) is 3.14. The Kier molecular flexibility index (Phi) is 5.95. The number of hydrogen-bond donors (Lipinski definition) is 0. The van der Waals surface area contributed by atoms with Gasteiger partial charge < -0.3 is 13.9 Å². The second-order valence-electron chi connectivity index (χ2n) is 6.76. The fourth-order valence-electron chi connectivity index (χ4n) is 2.96. The van der Waals surface area contributed by atoms with Gasteiger partial charge in [-0.2, -0.15) is 0 Å². The van der Waals surface area contributed by atoms with Gasteiger partial charge in [0.15, 0.2) is 5.58 Å². The summed E-state index contributed by atoms with van der Waals surface area (Å²) >= 11 is 1.01. The number of carbonyl (C=O) groups is 1. The molecule has 1 heterocycles. The van der Waals surface area contributed by atoms with Gasteiger partial charge in [-0.25, -0.2) is 9.59 Å². The van der Waals surface area contributed by atoms with E-state index in [-0.39, 0.29) is 4.94 Å². The number of rotatable bonds is 7. The second kappa shape index (κ2) is 8.97. The van der Waals surface area contributed by atoms with Crippen LogP contribution in [0, 0.1) is 0 Å². The Morgan fingerprint density at radius 2 is 1.60 bits per heavy atom. The summed E-state index contributed by atoms with van der Waals surface area (Å²) in [6.45, 7) is 2.85. The predicted octanol–water partition coefficient (Wildman–Crippen LogP) is 5.92. The molecular weight excluding hydrogens is 400 g/mol. The third-order valence-electron chi connectivity index (χ3n) is 4.59. The minimum absolute atomic E-state index is 0.330. The molecule has 30 heavy (non-hydrogen) atoms. The Morgan fingerprint density at radius 1 is 0.933 bits per heavy atom. The standard InChI is InChI=1S/C24H20O5S/c1-2-3-14-27-19-10-8-17(9-11-19)16-4-6-18(7-5-16)23(25)28-20-12-13-22-21(15-20)29-24(26)30-22/h4-13,15H,2-3,14H2,1H3. The molecule has 0 spiro atoms. The molecule has 0 unspecified atom stereocenters. The van der Waals surface area contributed by atoms with Crippen LogP contribution in [0.2, 0.25) is 0 Å². The number of unbranched alkanes of at least 4 members (excludes halogenated alkanes) is 1. The maximum absolute atomic E-state index is 12.4. The number of hydrogen-bond acceptors (Lipinski definition) is 6. The second-order valence-corrected chi connectivity index (χ2v) is 7.73. The van der Waals surface area contributed by atoms with Gasteiger partial charge >= 0.3 is 10.9 Å². The summed E-state index contributed by atoms with van der Waals surface area (Å²) in [5.74, 6) is 0.709. The first-order valence-corrected chi connectivity index (χ1v) is 10.5. The third kappa shape index (κ3) is 4.60. The SMILES string of the molecule is CCCCOc1ccc(-c2ccc(C(=O)Oc3ccc4sc(=O)oc4c3)cc2)cc1. The van der Waals surface area contributed by atoms with Gasteiger partial charge in [0.05, 0.1) is 16.9 Å². The number of benzene rings is 3. The Bertz CT molecular complexity index is 1200. The molecule has 0 aliphatic rings. The molecule has 3 aromatic carbocycles. The molecule has 4 rings (SSSR count). The lowest BCUT2D eigenvalue weighted by Gasteiger charge is -2.08. The van der Waals surface area contributed by atoms with Crippen LogP contribution in [0.15, 0.2) is 75.9 Å². The van der Waals surface area contributed by atoms with E-state index in [4.69, 9.17) is 13.9 Å². The first-order valence-electron chi connectivity index (χ1n) is 9.71. The monoisotopic (exact) mass is 420 g/mol. The fourth-order valence-corrected chi connectivity index (χ4v) is 3.61. The zero-order valence-electron chi connectivity index (χ0n) is 16.4. The molecule has 0 radical (unpaired) electrons. The summed E-state index contributed by atoms with van der Waals surface area (Å²) in [5.41, 5.74) is 2.88. The zero-order valence-corrected chi connectivity index (χ0v) is 17.2. The molecule has 0 fully saturated rings. The van der Waals surface area contributed by atoms with Crippen LogP contribution in [0.4, 0.5) is 0 Å². The van der Waals surface area contributed by atoms with Gasteiger partial charge in [-0.15, -0.1) is 0 Å². The molecule has 0 aliphatic heterocycles. The van der Waals surface area contributed by atoms with Crippen molar-refractivity contribution >= 4 is 27.6 Å². The molecule has 0 N–H and O–H groups in total. The van der Waals surface area contributed by atoms with Crippen molar-refractivity contribution in [2.24, 2.45) is 0 Å². The first kappa shape index (κ1) is 19.9. The summed E-state index contributed by atoms with van der Waals surface area (Å²) in [7, 11) is 0. The van der Waals surface area contributed by atoms with E-state index in [2.05, 4.69) is 6.92 Å². The van der Waals surface area contributed by atoms with Crippen molar-refractivity contribution < 1.29 is 18.7 Å². The maximum Gasteiger partial charge on any atom is 0.396 e. The molecule has 0 saturated carbocycles. The maximum atomic E-state index is 12.4. The smallest absolute Gasteiger partial charge is 0.396 e. The zero-order chi connectivity index (χ0) is 20.9. The highest BCUT2D eigenvalue weighted by molar-refractivity contribution is 7.16. The minimum Gasteiger partial charge on any atom is -0.494 e. The number of carbonyl (C=O) groups excluding carboxylic acids is 1. The van der Waals surface area contributed by atoms with E-state index in [1.165, 1.54) is 0 Å². The van der Waals surface area contributed by atoms with Crippen molar-refractivity contribution in [2.75, 3.05) is 6.61 Å². The van der Waals surface area contributed by atoms with Gasteiger partial charge in [-0.1, -0.05) is 48.9 Å². The predicted molar refractivity (Wildman–Crippen MR) is 118 cm³/mol. The lowest BCUT2D eigenvalue weighted by molar-refractivity contribution is 0.0735. The van der Waals surface area contributed by atoms with E-state index in [1.54, 1.807) is 30.3 Å². The molecular formula is C24H20O5S. The van der Waals surface area contributed by atoms with Gasteiger partial charge in [-0.3, -0.25) is 0 Å². The van der Waals surface area contributed by atoms with Crippen molar-refractivity contribution in [3.8, 4) is 22.6 Å². The lowest BCUT2D eigenvalue weighted by Crippen LogP contribution is -2.08. The van der Waals surface area contributed by atoms with E-state index < -0.39 is 5.97 Å². The summed E-state index contributed by atoms with van der Waals surface area (Å²) in [6, 6.07) is 20.0. The normalized spacial score (nSPS) is 10.8. The molecule has 0 amide bonds. The number of ether oxygens (including phenoxy) is 2. The third-order valence-corrected chi connectivity index (χ3v) is 5.39. The minimum atomic E-state index is -0.474. The van der Waals surface area contributed by atoms with E-state index in [1.807, 2.05) is 36.4 Å². The lowest BCUT2D eigenvalue weighted by atomic mass is 10.0. The van der Waals surface area contributed by atoms with E-state index in [0.717, 1.165) is 47.7 Å². The Morgan fingerprint density at radius 3 is 2.30 bits per heavy atom. The van der Waals surface area contributed by atoms with Crippen LogP contribution in [0.1, 0.15) is 30.1 Å². The first-order chi connectivity index (χ1) is 14.6. The van der Waals surface area contributed by atoms with Crippen LogP contribution < -0.4 is 14.4 Å². The molecule has 0 saturated heterocycles. The van der Waals surface area contributed by atoms with Gasteiger partial charge in [0.25, 0.3) is 0 Å². The number of fused-ring (bicyclic) bond motifs is 1. The quantitative estimate of drug-likeness (QED) is 0.211. The number of esters is 1. The van der Waals surface area contributed by atoms with E-state index in [0.29, 0.717) is 21.6 Å². The average molecular weight is 420 g/mol. The van der Waals surface area contributed by atoms with Gasteiger partial charge in [0.2, 0.25) is 0 Å². The van der Waals surface area contributed by atoms with Gasteiger partial charge in [0.1, 0.15) is 11.5 Å². The summed E-state index contributed by atoms with van der Waals surface area (Å²) in [4.78, 5) is 23.4. The Hall–Kier alpha value is -3.38. The molecule has 4 aromatic rings. The highest BCUT2D eigenvalue weighted by Crippen LogP contribution is 2.25. The molecule has 5 nitrogen and oxygen atoms in total. The Balaban J connectivity index is 1.43. The molecule has 152 valence electrons. The highest BCUT2D eigenvalue weighted by atomic mass is 32.1. The van der Waals surface area contributed by atoms with Crippen LogP contribution in [0.25, 0.3) is 21.4 Å². The largest absolute Gasteiger partial charge is 0.494 e. The van der Waals surface area contributed by atoms with Crippen molar-refractivity contribution in [2.45, 2.75) is 19.8 Å². The van der Waals surface area contributed by atoms with E-state index >= 15 is 0 Å². The van der Waals surface area contributed by atoms with Crippen molar-refractivity contribution in [1.29, 1.82) is 0 Å². The molecule has 6 heteroatoms. The van der Waals surface area contributed by atoms with E-state index in [9.17, 15) is 9.59 Å². The van der Waals surface area contributed by atoms with Crippen LogP contribution in [-0.2, 0) is 0 Å². The van der Waals surface area contributed by atoms with Crippen molar-refractivity contribution in [3.63, 3.8) is 0 Å². The van der Waals surface area contributed by atoms with Gasteiger partial charge in [-0.05, 0) is 53.9 Å². The highest BCUT2D eigenvalue weighted by Gasteiger charge is 2.11. The van der Waals surface area contributed by atoms with Gasteiger partial charge in [0, 0.05) is 6.07 Å². The van der Waals surface area contributed by atoms with Crippen LogP contribution >= 0.6 is 11.3 Å². The summed E-state index contributed by atoms with van der Waals surface area (Å²) in [5, 5.41) is 0. The van der Waals surface area contributed by atoms with Crippen molar-refractivity contribution in [3.05, 3.63) is 82.0 Å². The van der Waals surface area contributed by atoms with Crippen molar-refractivity contribution in [1.82, 2.24) is 0 Å². The fraction of sp³-hybridized carbons (Fsp3) is 0.167. The topological polar surface area (TPSA) is 65.7 Å². The molecule has 0 bridgehead atoms. The molecule has 0 aliphatic carbocycles. The van der Waals surface area contributed by atoms with Crippen LogP contribution in [0.5, 0.6) is 11.5 Å². The van der Waals surface area contributed by atoms with Crippen LogP contribution in [-0.4, -0.2) is 12.6 Å². The molecule has 1 aromatic heterocycles.